The maximum atomic E-state index is 9.27. The fourth-order valence-corrected chi connectivity index (χ4v) is 1.09. The second kappa shape index (κ2) is 4.44. The molecule has 0 saturated carbocycles. The van der Waals surface area contributed by atoms with Crippen molar-refractivity contribution in [3.05, 3.63) is 23.0 Å². The van der Waals surface area contributed by atoms with Gasteiger partial charge in [0.15, 0.2) is 10.9 Å². The van der Waals surface area contributed by atoms with Crippen molar-refractivity contribution in [1.29, 1.82) is 0 Å². The smallest absolute Gasteiger partial charge is 0.171 e. The summed E-state index contributed by atoms with van der Waals surface area (Å²) in [4.78, 5) is 3.90. The van der Waals surface area contributed by atoms with Crippen molar-refractivity contribution in [3.8, 4) is 5.75 Å². The maximum Gasteiger partial charge on any atom is 0.171 e. The molecule has 0 bridgehead atoms. The SMILES string of the molecule is CCOc1cc(C(C)O)cnc1Cl. The van der Waals surface area contributed by atoms with E-state index in [1.165, 1.54) is 6.20 Å². The molecule has 1 aromatic rings. The average molecular weight is 202 g/mol. The van der Waals surface area contributed by atoms with E-state index in [9.17, 15) is 5.11 Å². The first-order chi connectivity index (χ1) is 6.15. The van der Waals surface area contributed by atoms with Crippen molar-refractivity contribution >= 4 is 11.6 Å². The van der Waals surface area contributed by atoms with Gasteiger partial charge in [-0.2, -0.15) is 0 Å². The molecule has 0 radical (unpaired) electrons. The van der Waals surface area contributed by atoms with Gasteiger partial charge in [-0.25, -0.2) is 4.98 Å². The van der Waals surface area contributed by atoms with Crippen molar-refractivity contribution in [3.63, 3.8) is 0 Å². The molecule has 1 aromatic heterocycles. The molecule has 0 spiro atoms. The van der Waals surface area contributed by atoms with Crippen molar-refractivity contribution in [1.82, 2.24) is 4.98 Å². The molecule has 4 heteroatoms. The van der Waals surface area contributed by atoms with E-state index in [0.29, 0.717) is 23.1 Å². The van der Waals surface area contributed by atoms with Crippen LogP contribution in [-0.4, -0.2) is 16.7 Å². The molecule has 1 unspecified atom stereocenters. The number of rotatable bonds is 3. The van der Waals surface area contributed by atoms with E-state index in [2.05, 4.69) is 4.98 Å². The van der Waals surface area contributed by atoms with Crippen LogP contribution in [0.15, 0.2) is 12.3 Å². The van der Waals surface area contributed by atoms with Crippen molar-refractivity contribution in [2.45, 2.75) is 20.0 Å². The first kappa shape index (κ1) is 10.3. The highest BCUT2D eigenvalue weighted by atomic mass is 35.5. The summed E-state index contributed by atoms with van der Waals surface area (Å²) in [6, 6.07) is 1.70. The van der Waals surface area contributed by atoms with Crippen molar-refractivity contribution in [2.75, 3.05) is 6.61 Å². The third-order valence-corrected chi connectivity index (χ3v) is 1.89. The summed E-state index contributed by atoms with van der Waals surface area (Å²) in [5.41, 5.74) is 0.702. The van der Waals surface area contributed by atoms with Crippen molar-refractivity contribution in [2.24, 2.45) is 0 Å². The van der Waals surface area contributed by atoms with Crippen LogP contribution < -0.4 is 4.74 Å². The fourth-order valence-electron chi connectivity index (χ4n) is 0.928. The monoisotopic (exact) mass is 201 g/mol. The third kappa shape index (κ3) is 2.57. The van der Waals surface area contributed by atoms with Gasteiger partial charge < -0.3 is 9.84 Å². The highest BCUT2D eigenvalue weighted by molar-refractivity contribution is 6.30. The summed E-state index contributed by atoms with van der Waals surface area (Å²) < 4.78 is 5.22. The number of aromatic nitrogens is 1. The van der Waals surface area contributed by atoms with Crippen LogP contribution in [0.3, 0.4) is 0 Å². The summed E-state index contributed by atoms with van der Waals surface area (Å²) in [7, 11) is 0. The summed E-state index contributed by atoms with van der Waals surface area (Å²) in [6.45, 7) is 4.07. The number of aliphatic hydroxyl groups is 1. The summed E-state index contributed by atoms with van der Waals surface area (Å²) in [6.07, 6.45) is 0.985. The number of halogens is 1. The highest BCUT2D eigenvalue weighted by Crippen LogP contribution is 2.25. The van der Waals surface area contributed by atoms with Gasteiger partial charge in [0.1, 0.15) is 0 Å². The Morgan fingerprint density at radius 3 is 2.92 bits per heavy atom. The molecule has 0 aliphatic heterocycles. The van der Waals surface area contributed by atoms with Crippen molar-refractivity contribution < 1.29 is 9.84 Å². The molecule has 1 heterocycles. The van der Waals surface area contributed by atoms with Gasteiger partial charge in [-0.3, -0.25) is 0 Å². The number of nitrogens with zero attached hydrogens (tertiary/aromatic N) is 1. The first-order valence-electron chi connectivity index (χ1n) is 4.11. The molecule has 0 saturated heterocycles. The van der Waals surface area contributed by atoms with E-state index in [4.69, 9.17) is 16.3 Å². The lowest BCUT2D eigenvalue weighted by molar-refractivity contribution is 0.198. The molecule has 1 atom stereocenters. The topological polar surface area (TPSA) is 42.4 Å². The number of hydrogen-bond donors (Lipinski definition) is 1. The second-order valence-corrected chi connectivity index (χ2v) is 3.02. The van der Waals surface area contributed by atoms with Gasteiger partial charge >= 0.3 is 0 Å². The van der Waals surface area contributed by atoms with Crippen LogP contribution in [0.1, 0.15) is 25.5 Å². The third-order valence-electron chi connectivity index (χ3n) is 1.61. The average Bonchev–Trinajstić information content (AvgIpc) is 2.08. The molecule has 3 nitrogen and oxygen atoms in total. The quantitative estimate of drug-likeness (QED) is 0.763. The lowest BCUT2D eigenvalue weighted by Crippen LogP contribution is -1.97. The first-order valence-corrected chi connectivity index (χ1v) is 4.49. The number of aliphatic hydroxyl groups excluding tert-OH is 1. The molecular weight excluding hydrogens is 190 g/mol. The Hall–Kier alpha value is -0.800. The van der Waals surface area contributed by atoms with E-state index < -0.39 is 6.10 Å². The van der Waals surface area contributed by atoms with Gasteiger partial charge in [-0.15, -0.1) is 0 Å². The highest BCUT2D eigenvalue weighted by Gasteiger charge is 2.07. The van der Waals surface area contributed by atoms with Crippen LogP contribution in [0, 0.1) is 0 Å². The summed E-state index contributed by atoms with van der Waals surface area (Å²) in [5, 5.41) is 9.59. The minimum absolute atomic E-state index is 0.325. The second-order valence-electron chi connectivity index (χ2n) is 2.67. The van der Waals surface area contributed by atoms with Gasteiger partial charge in [0, 0.05) is 11.8 Å². The lowest BCUT2D eigenvalue weighted by atomic mass is 10.2. The summed E-state index contributed by atoms with van der Waals surface area (Å²) in [5.74, 6) is 0.516. The van der Waals surface area contributed by atoms with Gasteiger partial charge in [-0.05, 0) is 19.9 Å². The lowest BCUT2D eigenvalue weighted by Gasteiger charge is -2.08. The Morgan fingerprint density at radius 2 is 2.38 bits per heavy atom. The predicted molar refractivity (Wildman–Crippen MR) is 51.0 cm³/mol. The van der Waals surface area contributed by atoms with Crippen LogP contribution in [0.2, 0.25) is 5.15 Å². The maximum absolute atomic E-state index is 9.27. The van der Waals surface area contributed by atoms with E-state index in [-0.39, 0.29) is 0 Å². The molecule has 0 amide bonds. The van der Waals surface area contributed by atoms with Gasteiger partial charge in [-0.1, -0.05) is 11.6 Å². The normalized spacial score (nSPS) is 12.6. The zero-order chi connectivity index (χ0) is 9.84. The van der Waals surface area contributed by atoms with Gasteiger partial charge in [0.25, 0.3) is 0 Å². The molecular formula is C9H12ClNO2. The standard InChI is InChI=1S/C9H12ClNO2/c1-3-13-8-4-7(6(2)12)5-11-9(8)10/h4-6,12H,3H2,1-2H3. The van der Waals surface area contributed by atoms with E-state index in [1.807, 2.05) is 6.92 Å². The molecule has 72 valence electrons. The minimum Gasteiger partial charge on any atom is -0.491 e. The largest absolute Gasteiger partial charge is 0.491 e. The zero-order valence-corrected chi connectivity index (χ0v) is 8.38. The molecule has 0 aliphatic carbocycles. The Kier molecular flexibility index (Phi) is 3.51. The van der Waals surface area contributed by atoms with E-state index >= 15 is 0 Å². The van der Waals surface area contributed by atoms with Gasteiger partial charge in [0.05, 0.1) is 12.7 Å². The molecule has 0 fully saturated rings. The van der Waals surface area contributed by atoms with E-state index in [1.54, 1.807) is 13.0 Å². The van der Waals surface area contributed by atoms with Crippen LogP contribution in [0.25, 0.3) is 0 Å². The summed E-state index contributed by atoms with van der Waals surface area (Å²) >= 11 is 5.76. The molecule has 1 N–H and O–H groups in total. The van der Waals surface area contributed by atoms with Crippen LogP contribution in [0.4, 0.5) is 0 Å². The van der Waals surface area contributed by atoms with E-state index in [0.717, 1.165) is 0 Å². The Labute approximate surface area is 82.3 Å². The molecule has 0 aliphatic rings. The molecule has 0 aromatic carbocycles. The van der Waals surface area contributed by atoms with Crippen LogP contribution >= 0.6 is 11.6 Å². The van der Waals surface area contributed by atoms with Gasteiger partial charge in [0.2, 0.25) is 0 Å². The Balaban J connectivity index is 2.97. The number of ether oxygens (including phenoxy) is 1. The number of hydrogen-bond acceptors (Lipinski definition) is 3. The Morgan fingerprint density at radius 1 is 1.69 bits per heavy atom. The minimum atomic E-state index is -0.552. The molecule has 1 rings (SSSR count). The van der Waals surface area contributed by atoms with Crippen LogP contribution in [0.5, 0.6) is 5.75 Å². The predicted octanol–water partition coefficient (Wildman–Crippen LogP) is 2.19. The molecule has 13 heavy (non-hydrogen) atoms. The zero-order valence-electron chi connectivity index (χ0n) is 7.62. The fraction of sp³-hybridized carbons (Fsp3) is 0.444. The number of pyridine rings is 1. The van der Waals surface area contributed by atoms with Crippen LogP contribution in [-0.2, 0) is 0 Å². The Bertz CT molecular complexity index is 289.